The van der Waals surface area contributed by atoms with E-state index in [9.17, 15) is 5.11 Å². The van der Waals surface area contributed by atoms with Crippen molar-refractivity contribution in [2.45, 2.75) is 33.8 Å². The Bertz CT molecular complexity index is 168. The van der Waals surface area contributed by atoms with Crippen LogP contribution in [0.25, 0.3) is 0 Å². The molecule has 0 bridgehead atoms. The van der Waals surface area contributed by atoms with Crippen LogP contribution in [0.5, 0.6) is 0 Å². The number of rotatable bonds is 5. The van der Waals surface area contributed by atoms with Crippen LogP contribution in [-0.2, 0) is 10.7 Å². The predicted molar refractivity (Wildman–Crippen MR) is 61.1 cm³/mol. The van der Waals surface area contributed by atoms with E-state index >= 15 is 0 Å². The Labute approximate surface area is 84.8 Å². The monoisotopic (exact) mass is 205 g/mol. The van der Waals surface area contributed by atoms with Crippen LogP contribution in [0, 0.1) is 11.8 Å². The van der Waals surface area contributed by atoms with Crippen molar-refractivity contribution in [2.24, 2.45) is 16.2 Å². The number of aliphatic hydroxyl groups is 1. The predicted octanol–water partition coefficient (Wildman–Crippen LogP) is 2.09. The zero-order valence-electron chi connectivity index (χ0n) is 9.45. The SMILES string of the molecule is CCS(CC(C)C(O)C(C)C)=NC. The molecule has 0 aromatic rings. The first kappa shape index (κ1) is 13.1. The summed E-state index contributed by atoms with van der Waals surface area (Å²) in [6, 6.07) is 0. The maximum absolute atomic E-state index is 9.80. The molecule has 13 heavy (non-hydrogen) atoms. The van der Waals surface area contributed by atoms with Crippen molar-refractivity contribution in [3.63, 3.8) is 0 Å². The lowest BCUT2D eigenvalue weighted by Gasteiger charge is -2.22. The molecule has 0 saturated carbocycles. The largest absolute Gasteiger partial charge is 0.393 e. The summed E-state index contributed by atoms with van der Waals surface area (Å²) in [7, 11) is 2.04. The molecule has 0 spiro atoms. The summed E-state index contributed by atoms with van der Waals surface area (Å²) in [5, 5.41) is 9.80. The van der Waals surface area contributed by atoms with Crippen molar-refractivity contribution in [2.75, 3.05) is 18.6 Å². The van der Waals surface area contributed by atoms with E-state index < -0.39 is 0 Å². The summed E-state index contributed by atoms with van der Waals surface area (Å²) < 4.78 is 4.30. The van der Waals surface area contributed by atoms with Crippen LogP contribution in [0.4, 0.5) is 0 Å². The quantitative estimate of drug-likeness (QED) is 0.732. The van der Waals surface area contributed by atoms with Gasteiger partial charge in [-0.3, -0.25) is 4.36 Å². The third kappa shape index (κ3) is 4.77. The minimum absolute atomic E-state index is 0.159. The van der Waals surface area contributed by atoms with Gasteiger partial charge in [-0.15, -0.1) is 10.7 Å². The van der Waals surface area contributed by atoms with E-state index in [2.05, 4.69) is 32.1 Å². The van der Waals surface area contributed by atoms with Crippen molar-refractivity contribution in [1.29, 1.82) is 0 Å². The second-order valence-electron chi connectivity index (χ2n) is 3.81. The minimum Gasteiger partial charge on any atom is -0.393 e. The van der Waals surface area contributed by atoms with Crippen LogP contribution < -0.4 is 0 Å². The van der Waals surface area contributed by atoms with Gasteiger partial charge in [0.25, 0.3) is 0 Å². The fourth-order valence-corrected chi connectivity index (χ4v) is 2.83. The molecule has 0 aliphatic carbocycles. The Morgan fingerprint density at radius 3 is 2.15 bits per heavy atom. The van der Waals surface area contributed by atoms with E-state index in [-0.39, 0.29) is 16.8 Å². The zero-order chi connectivity index (χ0) is 10.4. The molecule has 3 atom stereocenters. The van der Waals surface area contributed by atoms with Gasteiger partial charge in [-0.2, -0.15) is 0 Å². The van der Waals surface area contributed by atoms with E-state index in [1.807, 2.05) is 7.05 Å². The van der Waals surface area contributed by atoms with Gasteiger partial charge < -0.3 is 5.11 Å². The van der Waals surface area contributed by atoms with E-state index in [1.165, 1.54) is 0 Å². The standard InChI is InChI=1S/C10H23NOS/c1-6-13(11-5)7-9(4)10(12)8(2)3/h8-10,12H,6-7H2,1-5H3. The summed E-state index contributed by atoms with van der Waals surface area (Å²) >= 11 is 0. The van der Waals surface area contributed by atoms with Crippen molar-refractivity contribution < 1.29 is 5.11 Å². The molecule has 0 fully saturated rings. The fraction of sp³-hybridized carbons (Fsp3) is 1.00. The number of hydrogen-bond acceptors (Lipinski definition) is 2. The summed E-state index contributed by atoms with van der Waals surface area (Å²) in [6.07, 6.45) is -0.178. The lowest BCUT2D eigenvalue weighted by Crippen LogP contribution is -2.28. The molecule has 3 heteroatoms. The highest BCUT2D eigenvalue weighted by Gasteiger charge is 2.18. The van der Waals surface area contributed by atoms with Gasteiger partial charge in [-0.1, -0.05) is 27.7 Å². The van der Waals surface area contributed by atoms with Crippen molar-refractivity contribution >= 4 is 10.7 Å². The molecule has 80 valence electrons. The first-order chi connectivity index (χ1) is 6.02. The Balaban J connectivity index is 4.05. The van der Waals surface area contributed by atoms with Crippen LogP contribution in [0.1, 0.15) is 27.7 Å². The molecule has 2 nitrogen and oxygen atoms in total. The van der Waals surface area contributed by atoms with Crippen LogP contribution in [-0.4, -0.2) is 29.8 Å². The second kappa shape index (κ2) is 6.55. The molecule has 0 radical (unpaired) electrons. The Kier molecular flexibility index (Phi) is 6.60. The molecule has 3 unspecified atom stereocenters. The summed E-state index contributed by atoms with van der Waals surface area (Å²) in [4.78, 5) is 0. The van der Waals surface area contributed by atoms with E-state index in [4.69, 9.17) is 0 Å². The average Bonchev–Trinajstić information content (AvgIpc) is 2.12. The van der Waals surface area contributed by atoms with Gasteiger partial charge in [-0.25, -0.2) is 0 Å². The first-order valence-electron chi connectivity index (χ1n) is 4.98. The van der Waals surface area contributed by atoms with Gasteiger partial charge in [-0.05, 0) is 11.8 Å². The van der Waals surface area contributed by atoms with Gasteiger partial charge in [0.15, 0.2) is 0 Å². The summed E-state index contributed by atoms with van der Waals surface area (Å²) in [5.74, 6) is 2.86. The highest BCUT2D eigenvalue weighted by Crippen LogP contribution is 2.14. The van der Waals surface area contributed by atoms with Crippen LogP contribution in [0.3, 0.4) is 0 Å². The Hall–Kier alpha value is 0.110. The van der Waals surface area contributed by atoms with Gasteiger partial charge in [0, 0.05) is 18.6 Å². The molecule has 0 heterocycles. The van der Waals surface area contributed by atoms with E-state index in [0.29, 0.717) is 11.8 Å². The Morgan fingerprint density at radius 2 is 1.85 bits per heavy atom. The van der Waals surface area contributed by atoms with Crippen LogP contribution in [0.2, 0.25) is 0 Å². The normalized spacial score (nSPS) is 19.0. The molecule has 0 aliphatic heterocycles. The molecule has 0 saturated heterocycles. The summed E-state index contributed by atoms with van der Waals surface area (Å²) in [5.41, 5.74) is 0. The van der Waals surface area contributed by atoms with Crippen molar-refractivity contribution in [1.82, 2.24) is 0 Å². The minimum atomic E-state index is -0.178. The number of aliphatic hydroxyl groups excluding tert-OH is 1. The molecule has 0 aromatic heterocycles. The van der Waals surface area contributed by atoms with Gasteiger partial charge in [0.2, 0.25) is 0 Å². The third-order valence-corrected chi connectivity index (χ3v) is 4.41. The third-order valence-electron chi connectivity index (χ3n) is 2.31. The van der Waals surface area contributed by atoms with Crippen LogP contribution >= 0.6 is 0 Å². The maximum Gasteiger partial charge on any atom is 0.0596 e. The van der Waals surface area contributed by atoms with E-state index in [0.717, 1.165) is 11.5 Å². The first-order valence-corrected chi connectivity index (χ1v) is 6.50. The van der Waals surface area contributed by atoms with E-state index in [1.54, 1.807) is 0 Å². The topological polar surface area (TPSA) is 32.6 Å². The molecular weight excluding hydrogens is 182 g/mol. The fourth-order valence-electron chi connectivity index (χ4n) is 1.38. The molecule has 0 aliphatic rings. The molecular formula is C10H23NOS. The van der Waals surface area contributed by atoms with Gasteiger partial charge in [0.1, 0.15) is 0 Å². The summed E-state index contributed by atoms with van der Waals surface area (Å²) in [6.45, 7) is 8.40. The molecule has 0 amide bonds. The van der Waals surface area contributed by atoms with Gasteiger partial charge in [0.05, 0.1) is 6.10 Å². The van der Waals surface area contributed by atoms with Gasteiger partial charge >= 0.3 is 0 Å². The Morgan fingerprint density at radius 1 is 1.31 bits per heavy atom. The lowest BCUT2D eigenvalue weighted by molar-refractivity contribution is 0.0818. The maximum atomic E-state index is 9.80. The number of nitrogens with zero attached hydrogens (tertiary/aromatic N) is 1. The van der Waals surface area contributed by atoms with Crippen molar-refractivity contribution in [3.05, 3.63) is 0 Å². The zero-order valence-corrected chi connectivity index (χ0v) is 10.3. The smallest absolute Gasteiger partial charge is 0.0596 e. The van der Waals surface area contributed by atoms with Crippen molar-refractivity contribution in [3.8, 4) is 0 Å². The second-order valence-corrected chi connectivity index (χ2v) is 6.01. The highest BCUT2D eigenvalue weighted by molar-refractivity contribution is 7.87. The molecule has 0 rings (SSSR count). The number of hydrogen-bond donors (Lipinski definition) is 1. The average molecular weight is 205 g/mol. The van der Waals surface area contributed by atoms with Crippen LogP contribution in [0.15, 0.2) is 4.36 Å². The molecule has 1 N–H and O–H groups in total. The highest BCUT2D eigenvalue weighted by atomic mass is 32.2. The molecule has 0 aromatic carbocycles. The lowest BCUT2D eigenvalue weighted by atomic mass is 9.97.